The number of nitrogens with two attached hydrogens (primary N) is 1. The fraction of sp³-hybridized carbons (Fsp3) is 0.615. The van der Waals surface area contributed by atoms with Crippen molar-refractivity contribution in [3.8, 4) is 0 Å². The van der Waals surface area contributed by atoms with Gasteiger partial charge in [0.05, 0.1) is 0 Å². The third-order valence-corrected chi connectivity index (χ3v) is 3.04. The molecule has 1 atom stereocenters. The lowest BCUT2D eigenvalue weighted by Crippen LogP contribution is -2.38. The number of pyridine rings is 1. The van der Waals surface area contributed by atoms with Gasteiger partial charge in [0.2, 0.25) is 0 Å². The molecule has 0 fully saturated rings. The zero-order valence-electron chi connectivity index (χ0n) is 10.7. The fourth-order valence-electron chi connectivity index (χ4n) is 1.96. The number of nitrogens with zero attached hydrogens (tertiary/aromatic N) is 1. The summed E-state index contributed by atoms with van der Waals surface area (Å²) >= 11 is 0. The van der Waals surface area contributed by atoms with Crippen molar-refractivity contribution in [3.05, 3.63) is 24.0 Å². The molecule has 1 heterocycles. The van der Waals surface area contributed by atoms with E-state index in [-0.39, 0.29) is 5.41 Å². The second-order valence-electron chi connectivity index (χ2n) is 5.32. The molecule has 0 aliphatic rings. The summed E-state index contributed by atoms with van der Waals surface area (Å²) in [5, 5.41) is 3.37. The molecule has 3 nitrogen and oxygen atoms in total. The molecule has 0 amide bonds. The molecule has 0 bridgehead atoms. The molecule has 1 rings (SSSR count). The van der Waals surface area contributed by atoms with Gasteiger partial charge < -0.3 is 11.1 Å². The van der Waals surface area contributed by atoms with Crippen molar-refractivity contribution in [1.82, 2.24) is 10.3 Å². The van der Waals surface area contributed by atoms with Crippen molar-refractivity contribution in [2.24, 2.45) is 5.41 Å². The Balaban J connectivity index is 2.60. The van der Waals surface area contributed by atoms with E-state index < -0.39 is 0 Å². The number of aryl methyl sites for hydroxylation is 1. The van der Waals surface area contributed by atoms with Crippen LogP contribution in [0.2, 0.25) is 0 Å². The number of anilines is 1. The maximum absolute atomic E-state index is 5.90. The lowest BCUT2D eigenvalue weighted by atomic mass is 9.83. The molecule has 1 aromatic rings. The molecule has 3 heteroatoms. The molecular formula is C13H23N3. The average molecular weight is 221 g/mol. The zero-order valence-corrected chi connectivity index (χ0v) is 10.7. The van der Waals surface area contributed by atoms with Crippen LogP contribution in [0.25, 0.3) is 0 Å². The van der Waals surface area contributed by atoms with Crippen LogP contribution in [0.5, 0.6) is 0 Å². The van der Waals surface area contributed by atoms with Crippen LogP contribution >= 0.6 is 0 Å². The van der Waals surface area contributed by atoms with Gasteiger partial charge in [0.1, 0.15) is 0 Å². The van der Waals surface area contributed by atoms with Crippen molar-refractivity contribution in [2.75, 3.05) is 12.8 Å². The normalized spacial score (nSPS) is 13.8. The SMILES string of the molecule is CNC(CCc1cnccc1N)C(C)(C)C. The predicted octanol–water partition coefficient (Wildman–Crippen LogP) is 2.23. The number of hydrogen-bond donors (Lipinski definition) is 2. The first-order valence-electron chi connectivity index (χ1n) is 5.80. The standard InChI is InChI=1S/C13H23N3/c1-13(2,3)12(15-4)6-5-10-9-16-8-7-11(10)14/h7-9,12,15H,5-6H2,1-4H3,(H2,14,16). The van der Waals surface area contributed by atoms with Crippen molar-refractivity contribution in [2.45, 2.75) is 39.7 Å². The smallest absolute Gasteiger partial charge is 0.0377 e. The molecule has 1 aromatic heterocycles. The van der Waals surface area contributed by atoms with Gasteiger partial charge in [-0.2, -0.15) is 0 Å². The van der Waals surface area contributed by atoms with Crippen LogP contribution < -0.4 is 11.1 Å². The summed E-state index contributed by atoms with van der Waals surface area (Å²) in [6.07, 6.45) is 5.65. The van der Waals surface area contributed by atoms with Crippen molar-refractivity contribution >= 4 is 5.69 Å². The zero-order chi connectivity index (χ0) is 12.2. The molecule has 0 aliphatic heterocycles. The van der Waals surface area contributed by atoms with Gasteiger partial charge in [-0.3, -0.25) is 4.98 Å². The van der Waals surface area contributed by atoms with Crippen molar-refractivity contribution in [1.29, 1.82) is 0 Å². The van der Waals surface area contributed by atoms with E-state index in [0.29, 0.717) is 6.04 Å². The van der Waals surface area contributed by atoms with Crippen LogP contribution in [0.3, 0.4) is 0 Å². The Hall–Kier alpha value is -1.09. The summed E-state index contributed by atoms with van der Waals surface area (Å²) in [6.45, 7) is 6.75. The molecule has 0 saturated heterocycles. The highest BCUT2D eigenvalue weighted by molar-refractivity contribution is 5.44. The number of hydrogen-bond acceptors (Lipinski definition) is 3. The maximum Gasteiger partial charge on any atom is 0.0377 e. The Bertz CT molecular complexity index is 328. The average Bonchev–Trinajstić information content (AvgIpc) is 2.19. The van der Waals surface area contributed by atoms with Gasteiger partial charge in [0.25, 0.3) is 0 Å². The Morgan fingerprint density at radius 3 is 2.62 bits per heavy atom. The van der Waals surface area contributed by atoms with Gasteiger partial charge in [0, 0.05) is 24.1 Å². The molecule has 0 radical (unpaired) electrons. The minimum absolute atomic E-state index is 0.270. The molecule has 1 unspecified atom stereocenters. The Morgan fingerprint density at radius 1 is 1.44 bits per heavy atom. The monoisotopic (exact) mass is 221 g/mol. The molecule has 0 saturated carbocycles. The van der Waals surface area contributed by atoms with E-state index in [1.54, 1.807) is 6.20 Å². The van der Waals surface area contributed by atoms with Crippen LogP contribution in [0.4, 0.5) is 5.69 Å². The summed E-state index contributed by atoms with van der Waals surface area (Å²) in [4.78, 5) is 4.11. The third-order valence-electron chi connectivity index (χ3n) is 3.04. The van der Waals surface area contributed by atoms with Crippen molar-refractivity contribution < 1.29 is 0 Å². The minimum atomic E-state index is 0.270. The van der Waals surface area contributed by atoms with Gasteiger partial charge >= 0.3 is 0 Å². The highest BCUT2D eigenvalue weighted by Crippen LogP contribution is 2.23. The van der Waals surface area contributed by atoms with Crippen LogP contribution in [0.1, 0.15) is 32.8 Å². The van der Waals surface area contributed by atoms with Gasteiger partial charge in [-0.25, -0.2) is 0 Å². The first kappa shape index (κ1) is 13.0. The number of aromatic nitrogens is 1. The lowest BCUT2D eigenvalue weighted by Gasteiger charge is -2.30. The number of rotatable bonds is 4. The highest BCUT2D eigenvalue weighted by atomic mass is 14.9. The van der Waals surface area contributed by atoms with Crippen LogP contribution in [-0.2, 0) is 6.42 Å². The van der Waals surface area contributed by atoms with E-state index in [4.69, 9.17) is 5.73 Å². The second-order valence-corrected chi connectivity index (χ2v) is 5.32. The van der Waals surface area contributed by atoms with E-state index >= 15 is 0 Å². The van der Waals surface area contributed by atoms with Gasteiger partial charge in [-0.05, 0) is 36.9 Å². The lowest BCUT2D eigenvalue weighted by molar-refractivity contribution is 0.268. The van der Waals surface area contributed by atoms with Gasteiger partial charge in [-0.15, -0.1) is 0 Å². The van der Waals surface area contributed by atoms with E-state index in [0.717, 1.165) is 24.1 Å². The summed E-state index contributed by atoms with van der Waals surface area (Å²) < 4.78 is 0. The van der Waals surface area contributed by atoms with E-state index in [2.05, 4.69) is 31.1 Å². The first-order chi connectivity index (χ1) is 7.45. The largest absolute Gasteiger partial charge is 0.398 e. The first-order valence-corrected chi connectivity index (χ1v) is 5.80. The van der Waals surface area contributed by atoms with Gasteiger partial charge in [0.15, 0.2) is 0 Å². The topological polar surface area (TPSA) is 50.9 Å². The van der Waals surface area contributed by atoms with Crippen molar-refractivity contribution in [3.63, 3.8) is 0 Å². The quantitative estimate of drug-likeness (QED) is 0.819. The van der Waals surface area contributed by atoms with E-state index in [9.17, 15) is 0 Å². The van der Waals surface area contributed by atoms with Crippen LogP contribution in [-0.4, -0.2) is 18.1 Å². The summed E-state index contributed by atoms with van der Waals surface area (Å²) in [5.74, 6) is 0. The predicted molar refractivity (Wildman–Crippen MR) is 69.3 cm³/mol. The fourth-order valence-corrected chi connectivity index (χ4v) is 1.96. The molecular weight excluding hydrogens is 198 g/mol. The Kier molecular flexibility index (Phi) is 4.30. The van der Waals surface area contributed by atoms with E-state index in [1.807, 2.05) is 19.3 Å². The maximum atomic E-state index is 5.90. The Labute approximate surface area is 98.5 Å². The third kappa shape index (κ3) is 3.49. The van der Waals surface area contributed by atoms with Crippen LogP contribution in [0.15, 0.2) is 18.5 Å². The highest BCUT2D eigenvalue weighted by Gasteiger charge is 2.22. The summed E-state index contributed by atoms with van der Waals surface area (Å²) in [7, 11) is 2.02. The molecule has 0 spiro atoms. The number of nitrogen functional groups attached to an aromatic ring is 1. The minimum Gasteiger partial charge on any atom is -0.398 e. The Morgan fingerprint density at radius 2 is 2.12 bits per heavy atom. The molecule has 0 aromatic carbocycles. The molecule has 3 N–H and O–H groups in total. The molecule has 90 valence electrons. The molecule has 16 heavy (non-hydrogen) atoms. The molecule has 0 aliphatic carbocycles. The summed E-state index contributed by atoms with van der Waals surface area (Å²) in [5.41, 5.74) is 8.16. The number of nitrogens with one attached hydrogen (secondary N) is 1. The van der Waals surface area contributed by atoms with Crippen LogP contribution in [0, 0.1) is 5.41 Å². The van der Waals surface area contributed by atoms with E-state index in [1.165, 1.54) is 0 Å². The second kappa shape index (κ2) is 5.30. The summed E-state index contributed by atoms with van der Waals surface area (Å²) in [6, 6.07) is 2.35. The van der Waals surface area contributed by atoms with Gasteiger partial charge in [-0.1, -0.05) is 20.8 Å².